The Bertz CT molecular complexity index is 861. The van der Waals surface area contributed by atoms with E-state index in [4.69, 9.17) is 0 Å². The molecule has 0 saturated carbocycles. The van der Waals surface area contributed by atoms with Crippen molar-refractivity contribution in [3.05, 3.63) is 64.1 Å². The second kappa shape index (κ2) is 7.87. The van der Waals surface area contributed by atoms with Crippen LogP contribution in [0.1, 0.15) is 55.1 Å². The molecule has 0 spiro atoms. The van der Waals surface area contributed by atoms with E-state index in [2.05, 4.69) is 46.7 Å². The summed E-state index contributed by atoms with van der Waals surface area (Å²) < 4.78 is 0. The van der Waals surface area contributed by atoms with Crippen LogP contribution in [0.3, 0.4) is 0 Å². The lowest BCUT2D eigenvalue weighted by molar-refractivity contribution is 0.0419. The first-order valence-electron chi connectivity index (χ1n) is 10.2. The van der Waals surface area contributed by atoms with Gasteiger partial charge in [0.2, 0.25) is 0 Å². The minimum atomic E-state index is -0.293. The summed E-state index contributed by atoms with van der Waals surface area (Å²) in [5, 5.41) is 10.2. The average molecular weight is 380 g/mol. The summed E-state index contributed by atoms with van der Waals surface area (Å²) in [4.78, 5) is 26.6. The third-order valence-corrected chi connectivity index (χ3v) is 6.31. The number of hydrogen-bond acceptors (Lipinski definition) is 4. The van der Waals surface area contributed by atoms with Crippen LogP contribution in [0.25, 0.3) is 0 Å². The van der Waals surface area contributed by atoms with Gasteiger partial charge in [-0.25, -0.2) is 5.10 Å². The summed E-state index contributed by atoms with van der Waals surface area (Å²) in [6.07, 6.45) is 6.27. The Hall–Kier alpha value is -2.47. The van der Waals surface area contributed by atoms with Crippen LogP contribution in [-0.2, 0) is 6.42 Å². The Balaban J connectivity index is 1.59. The Morgan fingerprint density at radius 2 is 2.00 bits per heavy atom. The van der Waals surface area contributed by atoms with E-state index in [1.165, 1.54) is 24.1 Å². The molecule has 2 N–H and O–H groups in total. The second-order valence-electron chi connectivity index (χ2n) is 8.28. The molecule has 148 valence electrons. The van der Waals surface area contributed by atoms with Crippen LogP contribution < -0.4 is 10.9 Å². The topological polar surface area (TPSA) is 78.1 Å². The van der Waals surface area contributed by atoms with E-state index in [0.29, 0.717) is 11.7 Å². The fraction of sp³-hybridized carbons (Fsp3) is 0.500. The predicted octanol–water partition coefficient (Wildman–Crippen LogP) is 2.52. The molecular weight excluding hydrogens is 352 g/mol. The van der Waals surface area contributed by atoms with E-state index in [-0.39, 0.29) is 23.0 Å². The lowest BCUT2D eigenvalue weighted by Crippen LogP contribution is -2.57. The van der Waals surface area contributed by atoms with Gasteiger partial charge in [-0.15, -0.1) is 0 Å². The number of benzene rings is 1. The predicted molar refractivity (Wildman–Crippen MR) is 108 cm³/mol. The number of H-pyrrole nitrogens is 1. The molecule has 6 heteroatoms. The van der Waals surface area contributed by atoms with Crippen LogP contribution in [0.5, 0.6) is 0 Å². The number of aromatic nitrogens is 2. The van der Waals surface area contributed by atoms with Crippen LogP contribution in [-0.4, -0.2) is 45.2 Å². The van der Waals surface area contributed by atoms with Gasteiger partial charge in [-0.1, -0.05) is 43.2 Å². The fourth-order valence-corrected chi connectivity index (χ4v) is 4.87. The van der Waals surface area contributed by atoms with Crippen molar-refractivity contribution in [2.24, 2.45) is 0 Å². The van der Waals surface area contributed by atoms with Gasteiger partial charge < -0.3 is 10.2 Å². The number of nitrogens with one attached hydrogen (secondary N) is 2. The highest BCUT2D eigenvalue weighted by atomic mass is 16.2. The van der Waals surface area contributed by atoms with Crippen molar-refractivity contribution in [2.45, 2.75) is 63.1 Å². The highest BCUT2D eigenvalue weighted by Crippen LogP contribution is 2.37. The van der Waals surface area contributed by atoms with Crippen molar-refractivity contribution >= 4 is 5.91 Å². The van der Waals surface area contributed by atoms with Gasteiger partial charge >= 0.3 is 0 Å². The molecule has 0 radical (unpaired) electrons. The van der Waals surface area contributed by atoms with Crippen molar-refractivity contribution in [2.75, 3.05) is 6.54 Å². The third-order valence-electron chi connectivity index (χ3n) is 6.31. The van der Waals surface area contributed by atoms with Gasteiger partial charge in [0.25, 0.3) is 11.5 Å². The normalized spacial score (nSPS) is 27.7. The monoisotopic (exact) mass is 380 g/mol. The van der Waals surface area contributed by atoms with Crippen molar-refractivity contribution in [3.63, 3.8) is 0 Å². The fourth-order valence-electron chi connectivity index (χ4n) is 4.87. The van der Waals surface area contributed by atoms with E-state index in [0.717, 1.165) is 38.6 Å². The number of nitrogens with zero attached hydrogens (tertiary/aromatic N) is 2. The van der Waals surface area contributed by atoms with Crippen LogP contribution in [0.2, 0.25) is 0 Å². The highest BCUT2D eigenvalue weighted by Gasteiger charge is 2.49. The zero-order valence-corrected chi connectivity index (χ0v) is 16.4. The summed E-state index contributed by atoms with van der Waals surface area (Å²) >= 11 is 0. The second-order valence-corrected chi connectivity index (χ2v) is 8.28. The van der Waals surface area contributed by atoms with Gasteiger partial charge in [0.05, 0.1) is 5.54 Å². The summed E-state index contributed by atoms with van der Waals surface area (Å²) in [5.74, 6) is -0.0900. The molecule has 1 aromatic heterocycles. The Morgan fingerprint density at radius 3 is 2.75 bits per heavy atom. The van der Waals surface area contributed by atoms with Crippen molar-refractivity contribution in [1.82, 2.24) is 20.4 Å². The first-order chi connectivity index (χ1) is 13.6. The Morgan fingerprint density at radius 1 is 1.18 bits per heavy atom. The smallest absolute Gasteiger partial charge is 0.274 e. The first-order valence-corrected chi connectivity index (χ1v) is 10.2. The maximum absolute atomic E-state index is 13.3. The maximum atomic E-state index is 13.3. The number of carbonyl (C=O) groups is 1. The van der Waals surface area contributed by atoms with E-state index in [1.54, 1.807) is 0 Å². The van der Waals surface area contributed by atoms with Crippen molar-refractivity contribution < 1.29 is 4.79 Å². The number of amides is 1. The maximum Gasteiger partial charge on any atom is 0.274 e. The molecule has 6 nitrogen and oxygen atoms in total. The van der Waals surface area contributed by atoms with Crippen LogP contribution in [0, 0.1) is 0 Å². The molecule has 3 heterocycles. The van der Waals surface area contributed by atoms with E-state index < -0.39 is 0 Å². The number of carbonyl (C=O) groups excluding carboxylic acids is 1. The van der Waals surface area contributed by atoms with Gasteiger partial charge in [0.1, 0.15) is 5.69 Å². The summed E-state index contributed by atoms with van der Waals surface area (Å²) in [7, 11) is 0. The minimum absolute atomic E-state index is 0.0900. The summed E-state index contributed by atoms with van der Waals surface area (Å²) in [5.41, 5.74) is 1.08. The summed E-state index contributed by atoms with van der Waals surface area (Å²) in [6.45, 7) is 2.94. The largest absolute Gasteiger partial charge is 0.330 e. The molecule has 2 aliphatic rings. The zero-order chi connectivity index (χ0) is 19.6. The number of fused-ring (bicyclic) bond motifs is 1. The zero-order valence-electron chi connectivity index (χ0n) is 16.4. The molecule has 2 saturated heterocycles. The van der Waals surface area contributed by atoms with Gasteiger partial charge in [-0.3, -0.25) is 9.59 Å². The van der Waals surface area contributed by atoms with Gasteiger partial charge in [-0.05, 0) is 44.2 Å². The standard InChI is InChI=1S/C22H28N4O2/c1-22-15-17(14-16-8-4-2-5-9-16)23-19(22)10-6-3-7-13-26(22)21(28)18-11-12-20(27)25-24-18/h2,4-5,8-9,11-12,17,19,23H,3,6-7,10,13-15H2,1H3,(H,25,27)/t17-,19+,22+/m1/s1. The van der Waals surface area contributed by atoms with Crippen LogP contribution in [0.15, 0.2) is 47.3 Å². The molecule has 1 amide bonds. The van der Waals surface area contributed by atoms with E-state index in [1.807, 2.05) is 11.0 Å². The van der Waals surface area contributed by atoms with Gasteiger partial charge in [0.15, 0.2) is 0 Å². The van der Waals surface area contributed by atoms with Gasteiger partial charge in [-0.2, -0.15) is 5.10 Å². The lowest BCUT2D eigenvalue weighted by atomic mass is 9.83. The molecule has 2 fully saturated rings. The van der Waals surface area contributed by atoms with Crippen LogP contribution >= 0.6 is 0 Å². The minimum Gasteiger partial charge on any atom is -0.330 e. The quantitative estimate of drug-likeness (QED) is 0.858. The van der Waals surface area contributed by atoms with Crippen LogP contribution in [0.4, 0.5) is 0 Å². The van der Waals surface area contributed by atoms with Gasteiger partial charge in [0, 0.05) is 24.7 Å². The molecule has 0 bridgehead atoms. The molecule has 2 aromatic rings. The molecule has 2 aliphatic heterocycles. The molecule has 3 atom stereocenters. The van der Waals surface area contributed by atoms with Crippen molar-refractivity contribution in [3.8, 4) is 0 Å². The molecule has 4 rings (SSSR count). The summed E-state index contributed by atoms with van der Waals surface area (Å²) in [6, 6.07) is 14.0. The molecule has 28 heavy (non-hydrogen) atoms. The molecule has 0 aliphatic carbocycles. The number of hydrogen-bond donors (Lipinski definition) is 2. The first kappa shape index (κ1) is 18.9. The van der Waals surface area contributed by atoms with Crippen molar-refractivity contribution in [1.29, 1.82) is 0 Å². The Kier molecular flexibility index (Phi) is 5.31. The SMILES string of the molecule is C[C@]12C[C@@H](Cc3ccccc3)N[C@H]1CCCCCN2C(=O)c1ccc(=O)[nH]n1. The lowest BCUT2D eigenvalue weighted by Gasteiger charge is -2.44. The third kappa shape index (κ3) is 3.74. The average Bonchev–Trinajstić information content (AvgIpc) is 2.99. The molecular formula is C22H28N4O2. The van der Waals surface area contributed by atoms with E-state index >= 15 is 0 Å². The number of rotatable bonds is 3. The van der Waals surface area contributed by atoms with E-state index in [9.17, 15) is 9.59 Å². The Labute approximate surface area is 165 Å². The number of aromatic amines is 1. The molecule has 1 aromatic carbocycles. The number of likely N-dealkylation sites (tertiary alicyclic amines) is 1. The molecule has 0 unspecified atom stereocenters. The highest BCUT2D eigenvalue weighted by molar-refractivity contribution is 5.92.